The van der Waals surface area contributed by atoms with Crippen LogP contribution in [0.4, 0.5) is 0 Å². The molecule has 0 radical (unpaired) electrons. The van der Waals surface area contributed by atoms with Crippen molar-refractivity contribution < 1.29 is 0 Å². The van der Waals surface area contributed by atoms with Gasteiger partial charge in [0.25, 0.3) is 0 Å². The first-order valence-corrected chi connectivity index (χ1v) is 8.28. The highest BCUT2D eigenvalue weighted by molar-refractivity contribution is 14.1. The van der Waals surface area contributed by atoms with E-state index >= 15 is 0 Å². The molecule has 0 bridgehead atoms. The maximum atomic E-state index is 6.12. The molecule has 0 spiro atoms. The van der Waals surface area contributed by atoms with Crippen LogP contribution in [-0.4, -0.2) is 0 Å². The second kappa shape index (κ2) is 7.62. The number of allylic oxidation sites excluding steroid dienone is 1. The molecule has 4 heteroatoms. The van der Waals surface area contributed by atoms with Crippen LogP contribution in [0.2, 0.25) is 5.02 Å². The normalized spacial score (nSPS) is 21.1. The summed E-state index contributed by atoms with van der Waals surface area (Å²) in [7, 11) is 0. The Morgan fingerprint density at radius 1 is 1.21 bits per heavy atom. The van der Waals surface area contributed by atoms with E-state index in [4.69, 9.17) is 17.4 Å². The van der Waals surface area contributed by atoms with Crippen LogP contribution in [0, 0.1) is 3.57 Å². The zero-order valence-corrected chi connectivity index (χ0v) is 13.9. The number of hydrogen-bond acceptors (Lipinski definition) is 2. The Balaban J connectivity index is 2.29. The van der Waals surface area contributed by atoms with Gasteiger partial charge in [-0.25, -0.2) is 5.43 Å². The summed E-state index contributed by atoms with van der Waals surface area (Å²) in [5.74, 6) is 5.81. The molecule has 104 valence electrons. The number of rotatable bonds is 3. The minimum atomic E-state index is 0.0868. The molecule has 19 heavy (non-hydrogen) atoms. The topological polar surface area (TPSA) is 38.0 Å². The maximum Gasteiger partial charge on any atom is 0.0680 e. The number of hydrazine groups is 1. The van der Waals surface area contributed by atoms with E-state index in [0.717, 1.165) is 17.9 Å². The van der Waals surface area contributed by atoms with Crippen molar-refractivity contribution in [3.8, 4) is 0 Å². The average molecular weight is 391 g/mol. The number of benzene rings is 1. The van der Waals surface area contributed by atoms with Gasteiger partial charge in [-0.15, -0.1) is 0 Å². The number of hydrogen-bond donors (Lipinski definition) is 2. The molecule has 2 rings (SSSR count). The summed E-state index contributed by atoms with van der Waals surface area (Å²) in [4.78, 5) is 0. The molecule has 2 nitrogen and oxygen atoms in total. The zero-order valence-electron chi connectivity index (χ0n) is 11.0. The minimum absolute atomic E-state index is 0.0868. The van der Waals surface area contributed by atoms with Gasteiger partial charge in [-0.2, -0.15) is 0 Å². The molecule has 0 saturated heterocycles. The Bertz CT molecular complexity index is 459. The van der Waals surface area contributed by atoms with Crippen LogP contribution in [0.5, 0.6) is 0 Å². The molecule has 0 aliphatic heterocycles. The van der Waals surface area contributed by atoms with Crippen molar-refractivity contribution in [3.63, 3.8) is 0 Å². The van der Waals surface area contributed by atoms with Crippen molar-refractivity contribution in [1.29, 1.82) is 0 Å². The van der Waals surface area contributed by atoms with Gasteiger partial charge >= 0.3 is 0 Å². The second-order valence-corrected chi connectivity index (χ2v) is 6.60. The van der Waals surface area contributed by atoms with E-state index in [1.165, 1.54) is 40.4 Å². The molecular formula is C15H20ClIN2. The van der Waals surface area contributed by atoms with Crippen LogP contribution in [0.1, 0.15) is 50.1 Å². The molecule has 1 aliphatic carbocycles. The molecule has 1 atom stereocenters. The quantitative estimate of drug-likeness (QED) is 0.339. The molecule has 1 aliphatic rings. The fourth-order valence-corrected chi connectivity index (χ4v) is 3.44. The third-order valence-corrected chi connectivity index (χ3v) is 4.85. The summed E-state index contributed by atoms with van der Waals surface area (Å²) in [5.41, 5.74) is 5.56. The molecule has 0 heterocycles. The van der Waals surface area contributed by atoms with Gasteiger partial charge in [0.1, 0.15) is 0 Å². The van der Waals surface area contributed by atoms with Crippen LogP contribution < -0.4 is 11.3 Å². The second-order valence-electron chi connectivity index (χ2n) is 5.00. The molecule has 1 unspecified atom stereocenters. The Morgan fingerprint density at radius 2 is 2.00 bits per heavy atom. The van der Waals surface area contributed by atoms with Gasteiger partial charge < -0.3 is 0 Å². The van der Waals surface area contributed by atoms with Gasteiger partial charge in [0.2, 0.25) is 0 Å². The lowest BCUT2D eigenvalue weighted by Gasteiger charge is -2.23. The first kappa shape index (κ1) is 15.3. The molecule has 3 N–H and O–H groups in total. The van der Waals surface area contributed by atoms with Crippen LogP contribution in [0.15, 0.2) is 29.8 Å². The SMILES string of the molecule is NNC(/C1=C/CCCCCC1)c1cc(Cl)ccc1I. The highest BCUT2D eigenvalue weighted by atomic mass is 127. The highest BCUT2D eigenvalue weighted by Gasteiger charge is 2.18. The van der Waals surface area contributed by atoms with Crippen LogP contribution in [0.25, 0.3) is 0 Å². The lowest BCUT2D eigenvalue weighted by atomic mass is 9.91. The van der Waals surface area contributed by atoms with Crippen LogP contribution >= 0.6 is 34.2 Å². The lowest BCUT2D eigenvalue weighted by molar-refractivity contribution is 0.554. The van der Waals surface area contributed by atoms with Gasteiger partial charge in [-0.1, -0.05) is 36.1 Å². The predicted octanol–water partition coefficient (Wildman–Crippen LogP) is 4.73. The minimum Gasteiger partial charge on any atom is -0.271 e. The number of halogens is 2. The Kier molecular flexibility index (Phi) is 6.13. The largest absolute Gasteiger partial charge is 0.271 e. The van der Waals surface area contributed by atoms with Gasteiger partial charge in [-0.05, 0) is 72.0 Å². The summed E-state index contributed by atoms with van der Waals surface area (Å²) < 4.78 is 1.20. The molecule has 0 saturated carbocycles. The summed E-state index contributed by atoms with van der Waals surface area (Å²) in [6, 6.07) is 6.08. The zero-order chi connectivity index (χ0) is 13.7. The smallest absolute Gasteiger partial charge is 0.0680 e. The average Bonchev–Trinajstić information content (AvgIpc) is 2.36. The standard InChI is InChI=1S/C15H20ClIN2/c16-12-8-9-14(17)13(10-12)15(19-18)11-6-4-2-1-3-5-7-11/h6,8-10,15,19H,1-5,7,18H2/b11-6+. The summed E-state index contributed by atoms with van der Waals surface area (Å²) in [6.07, 6.45) is 9.85. The summed E-state index contributed by atoms with van der Waals surface area (Å²) in [6.45, 7) is 0. The van der Waals surface area contributed by atoms with Crippen molar-refractivity contribution in [2.24, 2.45) is 5.84 Å². The van der Waals surface area contributed by atoms with E-state index in [9.17, 15) is 0 Å². The lowest BCUT2D eigenvalue weighted by Crippen LogP contribution is -2.30. The number of nitrogens with two attached hydrogens (primary N) is 1. The molecule has 0 amide bonds. The van der Waals surface area contributed by atoms with Crippen molar-refractivity contribution >= 4 is 34.2 Å². The molecular weight excluding hydrogens is 371 g/mol. The Morgan fingerprint density at radius 3 is 2.79 bits per heavy atom. The predicted molar refractivity (Wildman–Crippen MR) is 90.0 cm³/mol. The highest BCUT2D eigenvalue weighted by Crippen LogP contribution is 2.32. The van der Waals surface area contributed by atoms with E-state index in [1.807, 2.05) is 18.2 Å². The Labute approximate surface area is 133 Å². The van der Waals surface area contributed by atoms with E-state index < -0.39 is 0 Å². The first-order valence-electron chi connectivity index (χ1n) is 6.82. The first-order chi connectivity index (χ1) is 9.22. The fraction of sp³-hybridized carbons (Fsp3) is 0.467. The molecule has 1 aromatic rings. The van der Waals surface area contributed by atoms with E-state index in [0.29, 0.717) is 0 Å². The maximum absolute atomic E-state index is 6.12. The van der Waals surface area contributed by atoms with E-state index in [2.05, 4.69) is 34.1 Å². The fourth-order valence-electron chi connectivity index (χ4n) is 2.61. The van der Waals surface area contributed by atoms with Crippen molar-refractivity contribution in [3.05, 3.63) is 44.0 Å². The van der Waals surface area contributed by atoms with Crippen molar-refractivity contribution in [1.82, 2.24) is 5.43 Å². The molecule has 0 aromatic heterocycles. The van der Waals surface area contributed by atoms with E-state index in [1.54, 1.807) is 0 Å². The summed E-state index contributed by atoms with van der Waals surface area (Å²) in [5, 5.41) is 0.766. The van der Waals surface area contributed by atoms with Gasteiger partial charge in [0, 0.05) is 8.59 Å². The van der Waals surface area contributed by atoms with Crippen LogP contribution in [-0.2, 0) is 0 Å². The van der Waals surface area contributed by atoms with Crippen LogP contribution in [0.3, 0.4) is 0 Å². The van der Waals surface area contributed by atoms with Crippen molar-refractivity contribution in [2.45, 2.75) is 44.6 Å². The van der Waals surface area contributed by atoms with Gasteiger partial charge in [-0.3, -0.25) is 5.84 Å². The monoisotopic (exact) mass is 390 g/mol. The molecule has 1 aromatic carbocycles. The van der Waals surface area contributed by atoms with Gasteiger partial charge in [0.15, 0.2) is 0 Å². The Hall–Kier alpha value is -0.100. The third kappa shape index (κ3) is 4.18. The van der Waals surface area contributed by atoms with Gasteiger partial charge in [0.05, 0.1) is 6.04 Å². The number of nitrogens with one attached hydrogen (secondary N) is 1. The third-order valence-electron chi connectivity index (χ3n) is 3.63. The van der Waals surface area contributed by atoms with Crippen molar-refractivity contribution in [2.75, 3.05) is 0 Å². The summed E-state index contributed by atoms with van der Waals surface area (Å²) >= 11 is 8.47. The van der Waals surface area contributed by atoms with E-state index in [-0.39, 0.29) is 6.04 Å². The molecule has 0 fully saturated rings.